The molecule has 2 aromatic rings. The highest BCUT2D eigenvalue weighted by Gasteiger charge is 2.46. The van der Waals surface area contributed by atoms with Gasteiger partial charge in [-0.25, -0.2) is 0 Å². The van der Waals surface area contributed by atoms with E-state index in [0.717, 1.165) is 10.5 Å². The summed E-state index contributed by atoms with van der Waals surface area (Å²) in [5.74, 6) is -1.57. The summed E-state index contributed by atoms with van der Waals surface area (Å²) in [4.78, 5) is 68.6. The molecule has 0 aliphatic carbocycles. The van der Waals surface area contributed by atoms with Gasteiger partial charge in [-0.3, -0.25) is 39.1 Å². The molecule has 10 heteroatoms. The predicted molar refractivity (Wildman–Crippen MR) is 158 cm³/mol. The lowest BCUT2D eigenvalue weighted by atomic mass is 9.92. The molecule has 1 unspecified atom stereocenters. The largest absolute Gasteiger partial charge is 0.368 e. The maximum absolute atomic E-state index is 13.4. The van der Waals surface area contributed by atoms with Gasteiger partial charge < -0.3 is 10.2 Å². The highest BCUT2D eigenvalue weighted by molar-refractivity contribution is 6.25. The van der Waals surface area contributed by atoms with Crippen molar-refractivity contribution in [3.8, 4) is 0 Å². The van der Waals surface area contributed by atoms with Crippen LogP contribution in [-0.2, 0) is 20.9 Å². The molecule has 2 saturated heterocycles. The molecule has 2 N–H and O–H groups in total. The van der Waals surface area contributed by atoms with Crippen molar-refractivity contribution in [2.75, 3.05) is 37.6 Å². The fourth-order valence-corrected chi connectivity index (χ4v) is 6.19. The molecule has 5 amide bonds. The third kappa shape index (κ3) is 5.81. The summed E-state index contributed by atoms with van der Waals surface area (Å²) < 4.78 is 0. The van der Waals surface area contributed by atoms with Crippen LogP contribution in [0.2, 0.25) is 0 Å². The highest BCUT2D eigenvalue weighted by atomic mass is 16.2. The summed E-state index contributed by atoms with van der Waals surface area (Å²) in [6.45, 7) is 12.5. The van der Waals surface area contributed by atoms with Crippen LogP contribution in [-0.4, -0.2) is 78.1 Å². The molecule has 2 aromatic carbocycles. The van der Waals surface area contributed by atoms with Gasteiger partial charge in [-0.15, -0.1) is 0 Å². The molecule has 3 heterocycles. The molecule has 0 saturated carbocycles. The monoisotopic (exact) mass is 573 g/mol. The Bertz CT molecular complexity index is 1440. The fourth-order valence-electron chi connectivity index (χ4n) is 6.19. The van der Waals surface area contributed by atoms with Crippen molar-refractivity contribution < 1.29 is 24.0 Å². The number of benzene rings is 2. The van der Waals surface area contributed by atoms with E-state index in [0.29, 0.717) is 62.9 Å². The minimum absolute atomic E-state index is 0.0142. The SMILES string of the molecule is Cc1cc(CNC(=O)CCN2CCN(c3cccc4c3C(=O)N(C3CCC(=O)NC3=O)C4=O)CC2)cc(C(C)C)c1C. The van der Waals surface area contributed by atoms with Gasteiger partial charge in [-0.1, -0.05) is 32.0 Å². The first-order chi connectivity index (χ1) is 20.0. The van der Waals surface area contributed by atoms with Gasteiger partial charge in [-0.2, -0.15) is 0 Å². The van der Waals surface area contributed by atoms with E-state index in [9.17, 15) is 24.0 Å². The zero-order chi connectivity index (χ0) is 30.1. The normalized spacial score (nSPS) is 19.4. The Morgan fingerprint density at radius 1 is 1.02 bits per heavy atom. The Labute approximate surface area is 246 Å². The Morgan fingerprint density at radius 2 is 1.76 bits per heavy atom. The molecule has 2 fully saturated rings. The number of amides is 5. The van der Waals surface area contributed by atoms with Crippen LogP contribution in [0.15, 0.2) is 30.3 Å². The number of carbonyl (C=O) groups is 5. The second kappa shape index (κ2) is 12.1. The molecule has 0 spiro atoms. The minimum atomic E-state index is -0.988. The lowest BCUT2D eigenvalue weighted by Crippen LogP contribution is -2.54. The summed E-state index contributed by atoms with van der Waals surface area (Å²) in [7, 11) is 0. The van der Waals surface area contributed by atoms with E-state index >= 15 is 0 Å². The lowest BCUT2D eigenvalue weighted by Gasteiger charge is -2.36. The number of imide groups is 2. The molecule has 5 rings (SSSR count). The van der Waals surface area contributed by atoms with Gasteiger partial charge >= 0.3 is 0 Å². The zero-order valence-corrected chi connectivity index (χ0v) is 24.8. The summed E-state index contributed by atoms with van der Waals surface area (Å²) in [5.41, 5.74) is 6.24. The van der Waals surface area contributed by atoms with Crippen molar-refractivity contribution in [1.82, 2.24) is 20.4 Å². The molecule has 0 radical (unpaired) electrons. The molecular formula is C32H39N5O5. The van der Waals surface area contributed by atoms with Crippen molar-refractivity contribution in [1.29, 1.82) is 0 Å². The average molecular weight is 574 g/mol. The number of nitrogens with zero attached hydrogens (tertiary/aromatic N) is 3. The Balaban J connectivity index is 1.15. The maximum atomic E-state index is 13.4. The molecule has 42 heavy (non-hydrogen) atoms. The Morgan fingerprint density at radius 3 is 2.45 bits per heavy atom. The molecular weight excluding hydrogens is 534 g/mol. The maximum Gasteiger partial charge on any atom is 0.264 e. The highest BCUT2D eigenvalue weighted by Crippen LogP contribution is 2.34. The van der Waals surface area contributed by atoms with E-state index in [-0.39, 0.29) is 24.3 Å². The number of hydrogen-bond donors (Lipinski definition) is 2. The van der Waals surface area contributed by atoms with E-state index in [4.69, 9.17) is 0 Å². The number of fused-ring (bicyclic) bond motifs is 1. The number of aryl methyl sites for hydroxylation is 1. The Kier molecular flexibility index (Phi) is 8.45. The number of piperidine rings is 1. The van der Waals surface area contributed by atoms with E-state index in [2.05, 4.69) is 60.3 Å². The summed E-state index contributed by atoms with van der Waals surface area (Å²) in [5, 5.41) is 5.30. The first-order valence-electron chi connectivity index (χ1n) is 14.7. The molecule has 0 aromatic heterocycles. The standard InChI is InChI=1S/C32H39N5O5/c1-19(2)24-17-22(16-20(3)21(24)4)18-33-27(38)10-11-35-12-14-36(15-13-35)25-7-5-6-23-29(25)32(42)37(31(23)41)26-8-9-28(39)34-30(26)40/h5-7,16-17,19,26H,8-15,18H2,1-4H3,(H,33,38)(H,34,39,40). The lowest BCUT2D eigenvalue weighted by molar-refractivity contribution is -0.136. The van der Waals surface area contributed by atoms with E-state index in [1.807, 2.05) is 6.07 Å². The van der Waals surface area contributed by atoms with Gasteiger partial charge in [0.25, 0.3) is 11.8 Å². The van der Waals surface area contributed by atoms with Crippen LogP contribution >= 0.6 is 0 Å². The van der Waals surface area contributed by atoms with Crippen LogP contribution in [0.4, 0.5) is 5.69 Å². The predicted octanol–water partition coefficient (Wildman–Crippen LogP) is 2.66. The number of rotatable bonds is 8. The van der Waals surface area contributed by atoms with Crippen molar-refractivity contribution in [3.63, 3.8) is 0 Å². The first-order valence-corrected chi connectivity index (χ1v) is 14.7. The van der Waals surface area contributed by atoms with E-state index in [1.165, 1.54) is 16.7 Å². The number of anilines is 1. The Hall–Kier alpha value is -4.05. The third-order valence-corrected chi connectivity index (χ3v) is 8.69. The van der Waals surface area contributed by atoms with Crippen LogP contribution in [0.5, 0.6) is 0 Å². The molecule has 1 atom stereocenters. The summed E-state index contributed by atoms with van der Waals surface area (Å²) in [6, 6.07) is 8.54. The molecule has 222 valence electrons. The van der Waals surface area contributed by atoms with Crippen molar-refractivity contribution in [3.05, 3.63) is 63.7 Å². The first kappa shape index (κ1) is 29.4. The second-order valence-corrected chi connectivity index (χ2v) is 11.8. The van der Waals surface area contributed by atoms with Gasteiger partial charge in [0.1, 0.15) is 6.04 Å². The molecule has 10 nitrogen and oxygen atoms in total. The summed E-state index contributed by atoms with van der Waals surface area (Å²) in [6.07, 6.45) is 0.610. The second-order valence-electron chi connectivity index (χ2n) is 11.8. The smallest absolute Gasteiger partial charge is 0.264 e. The number of nitrogens with one attached hydrogen (secondary N) is 2. The van der Waals surface area contributed by atoms with Crippen LogP contribution in [0.1, 0.15) is 82.0 Å². The summed E-state index contributed by atoms with van der Waals surface area (Å²) >= 11 is 0. The quantitative estimate of drug-likeness (QED) is 0.466. The van der Waals surface area contributed by atoms with Crippen LogP contribution in [0.25, 0.3) is 0 Å². The van der Waals surface area contributed by atoms with E-state index in [1.54, 1.807) is 12.1 Å². The van der Waals surface area contributed by atoms with Crippen LogP contribution in [0, 0.1) is 13.8 Å². The topological polar surface area (TPSA) is 119 Å². The van der Waals surface area contributed by atoms with Crippen molar-refractivity contribution >= 4 is 35.2 Å². The fraction of sp³-hybridized carbons (Fsp3) is 0.469. The third-order valence-electron chi connectivity index (χ3n) is 8.69. The molecule has 0 bridgehead atoms. The van der Waals surface area contributed by atoms with E-state index < -0.39 is 29.7 Å². The van der Waals surface area contributed by atoms with Crippen molar-refractivity contribution in [2.24, 2.45) is 0 Å². The van der Waals surface area contributed by atoms with Gasteiger partial charge in [0.15, 0.2) is 0 Å². The number of piperazine rings is 1. The number of carbonyl (C=O) groups excluding carboxylic acids is 5. The number of hydrogen-bond acceptors (Lipinski definition) is 7. The zero-order valence-electron chi connectivity index (χ0n) is 24.8. The van der Waals surface area contributed by atoms with Gasteiger partial charge in [0.05, 0.1) is 16.8 Å². The average Bonchev–Trinajstić information content (AvgIpc) is 3.22. The van der Waals surface area contributed by atoms with Gasteiger partial charge in [-0.05, 0) is 60.6 Å². The van der Waals surface area contributed by atoms with Crippen LogP contribution < -0.4 is 15.5 Å². The molecule has 3 aliphatic heterocycles. The minimum Gasteiger partial charge on any atom is -0.368 e. The van der Waals surface area contributed by atoms with Gasteiger partial charge in [0.2, 0.25) is 17.7 Å². The van der Waals surface area contributed by atoms with Crippen LogP contribution in [0.3, 0.4) is 0 Å². The van der Waals surface area contributed by atoms with Gasteiger partial charge in [0, 0.05) is 52.1 Å². The molecule has 3 aliphatic rings. The van der Waals surface area contributed by atoms with Crippen molar-refractivity contribution in [2.45, 2.75) is 65.5 Å².